The molecule has 0 radical (unpaired) electrons. The molecular formula is C27H30N2O3. The normalized spacial score (nSPS) is 21.3. The monoisotopic (exact) mass is 430 g/mol. The second-order valence-electron chi connectivity index (χ2n) is 9.15. The Balaban J connectivity index is 1.44. The predicted molar refractivity (Wildman–Crippen MR) is 127 cm³/mol. The maximum atomic E-state index is 13.2. The van der Waals surface area contributed by atoms with Crippen molar-refractivity contribution in [1.82, 2.24) is 10.2 Å². The number of nitrogens with one attached hydrogen (secondary N) is 1. The molecule has 0 aliphatic carbocycles. The summed E-state index contributed by atoms with van der Waals surface area (Å²) < 4.78 is 6.22. The first-order valence-corrected chi connectivity index (χ1v) is 11.8. The van der Waals surface area contributed by atoms with Gasteiger partial charge in [-0.25, -0.2) is 0 Å². The molecule has 1 aromatic heterocycles. The Labute approximate surface area is 188 Å². The number of carbonyl (C=O) groups excluding carboxylic acids is 1. The first-order chi connectivity index (χ1) is 15.6. The summed E-state index contributed by atoms with van der Waals surface area (Å²) in [6, 6.07) is 15.4. The zero-order valence-corrected chi connectivity index (χ0v) is 18.6. The summed E-state index contributed by atoms with van der Waals surface area (Å²) in [6.45, 7) is 4.81. The summed E-state index contributed by atoms with van der Waals surface area (Å²) in [5.74, 6) is 0.833. The zero-order chi connectivity index (χ0) is 22.1. The van der Waals surface area contributed by atoms with Gasteiger partial charge in [0.2, 0.25) is 0 Å². The van der Waals surface area contributed by atoms with Crippen LogP contribution in [0.2, 0.25) is 0 Å². The number of nitrogens with zero attached hydrogens (tertiary/aromatic N) is 1. The van der Waals surface area contributed by atoms with Gasteiger partial charge in [-0.15, -0.1) is 0 Å². The van der Waals surface area contributed by atoms with E-state index in [9.17, 15) is 9.59 Å². The molecule has 166 valence electrons. The van der Waals surface area contributed by atoms with Crippen molar-refractivity contribution in [3.8, 4) is 11.3 Å². The molecular weight excluding hydrogens is 400 g/mol. The van der Waals surface area contributed by atoms with Gasteiger partial charge in [0.25, 0.3) is 5.91 Å². The fourth-order valence-electron chi connectivity index (χ4n) is 5.49. The number of piperidine rings is 2. The van der Waals surface area contributed by atoms with E-state index < -0.39 is 0 Å². The van der Waals surface area contributed by atoms with Crippen LogP contribution in [0.4, 0.5) is 0 Å². The molecule has 2 aliphatic heterocycles. The van der Waals surface area contributed by atoms with Crippen LogP contribution in [0, 0.1) is 12.8 Å². The highest BCUT2D eigenvalue weighted by atomic mass is 16.3. The van der Waals surface area contributed by atoms with E-state index in [2.05, 4.69) is 10.2 Å². The highest BCUT2D eigenvalue weighted by Crippen LogP contribution is 2.31. The predicted octanol–water partition coefficient (Wildman–Crippen LogP) is 4.76. The molecule has 2 aromatic carbocycles. The number of rotatable bonds is 4. The molecule has 32 heavy (non-hydrogen) atoms. The topological polar surface area (TPSA) is 62.6 Å². The molecule has 5 nitrogen and oxygen atoms in total. The molecule has 0 saturated carbocycles. The van der Waals surface area contributed by atoms with Crippen molar-refractivity contribution in [2.45, 2.75) is 45.1 Å². The Hall–Kier alpha value is -2.92. The zero-order valence-electron chi connectivity index (χ0n) is 18.6. The van der Waals surface area contributed by atoms with Gasteiger partial charge >= 0.3 is 0 Å². The van der Waals surface area contributed by atoms with E-state index in [1.807, 2.05) is 30.3 Å². The number of para-hydroxylation sites is 1. The van der Waals surface area contributed by atoms with E-state index in [4.69, 9.17) is 4.42 Å². The Morgan fingerprint density at radius 2 is 1.84 bits per heavy atom. The van der Waals surface area contributed by atoms with Gasteiger partial charge < -0.3 is 14.6 Å². The van der Waals surface area contributed by atoms with Crippen LogP contribution in [-0.2, 0) is 0 Å². The molecule has 0 spiro atoms. The van der Waals surface area contributed by atoms with Crippen LogP contribution >= 0.6 is 0 Å². The van der Waals surface area contributed by atoms with Crippen molar-refractivity contribution >= 4 is 16.9 Å². The van der Waals surface area contributed by atoms with Gasteiger partial charge in [0, 0.05) is 23.7 Å². The highest BCUT2D eigenvalue weighted by Gasteiger charge is 2.33. The van der Waals surface area contributed by atoms with E-state index in [0.29, 0.717) is 46.4 Å². The average molecular weight is 431 g/mol. The van der Waals surface area contributed by atoms with Crippen LogP contribution in [0.15, 0.2) is 57.7 Å². The van der Waals surface area contributed by atoms with Gasteiger partial charge in [-0.1, -0.05) is 42.8 Å². The highest BCUT2D eigenvalue weighted by molar-refractivity contribution is 6.05. The lowest BCUT2D eigenvalue weighted by atomic mass is 9.83. The van der Waals surface area contributed by atoms with E-state index in [-0.39, 0.29) is 11.3 Å². The second-order valence-corrected chi connectivity index (χ2v) is 9.15. The maximum absolute atomic E-state index is 13.2. The van der Waals surface area contributed by atoms with Crippen LogP contribution in [0.25, 0.3) is 22.3 Å². The first-order valence-electron chi connectivity index (χ1n) is 11.8. The summed E-state index contributed by atoms with van der Waals surface area (Å²) in [7, 11) is 0. The van der Waals surface area contributed by atoms with Gasteiger partial charge in [0.1, 0.15) is 5.76 Å². The lowest BCUT2D eigenvalue weighted by Gasteiger charge is -2.44. The SMILES string of the molecule is Cc1c(-c2ccccc2)oc2c(C(=O)NCC3CCCN4CCCCC34)cccc2c1=O. The van der Waals surface area contributed by atoms with Crippen molar-refractivity contribution < 1.29 is 9.21 Å². The molecule has 1 N–H and O–H groups in total. The average Bonchev–Trinajstić information content (AvgIpc) is 2.85. The summed E-state index contributed by atoms with van der Waals surface area (Å²) in [5, 5.41) is 3.61. The second kappa shape index (κ2) is 8.91. The summed E-state index contributed by atoms with van der Waals surface area (Å²) in [5.41, 5.74) is 2.08. The summed E-state index contributed by atoms with van der Waals surface area (Å²) >= 11 is 0. The fraction of sp³-hybridized carbons (Fsp3) is 0.407. The van der Waals surface area contributed by atoms with Crippen molar-refractivity contribution in [3.05, 3.63) is 69.9 Å². The minimum Gasteiger partial charge on any atom is -0.455 e. The number of hydrogen-bond acceptors (Lipinski definition) is 4. The molecule has 3 heterocycles. The van der Waals surface area contributed by atoms with E-state index in [1.165, 1.54) is 38.8 Å². The molecule has 2 saturated heterocycles. The third-order valence-corrected chi connectivity index (χ3v) is 7.18. The largest absolute Gasteiger partial charge is 0.455 e. The minimum absolute atomic E-state index is 0.0927. The molecule has 5 heteroatoms. The molecule has 3 aromatic rings. The van der Waals surface area contributed by atoms with Crippen LogP contribution in [-0.4, -0.2) is 36.5 Å². The van der Waals surface area contributed by atoms with Gasteiger partial charge in [-0.2, -0.15) is 0 Å². The molecule has 0 bridgehead atoms. The summed E-state index contributed by atoms with van der Waals surface area (Å²) in [6.07, 6.45) is 6.14. The van der Waals surface area contributed by atoms with Crippen molar-refractivity contribution in [1.29, 1.82) is 0 Å². The van der Waals surface area contributed by atoms with Crippen molar-refractivity contribution in [2.75, 3.05) is 19.6 Å². The third kappa shape index (κ3) is 3.86. The molecule has 1 amide bonds. The number of fused-ring (bicyclic) bond motifs is 2. The number of benzene rings is 2. The molecule has 5 rings (SSSR count). The fourth-order valence-corrected chi connectivity index (χ4v) is 5.49. The quantitative estimate of drug-likeness (QED) is 0.648. The Kier molecular flexibility index (Phi) is 5.83. The lowest BCUT2D eigenvalue weighted by molar-refractivity contribution is 0.0576. The summed E-state index contributed by atoms with van der Waals surface area (Å²) in [4.78, 5) is 28.9. The van der Waals surface area contributed by atoms with Crippen LogP contribution in [0.3, 0.4) is 0 Å². The van der Waals surface area contributed by atoms with Gasteiger partial charge in [0.05, 0.1) is 10.9 Å². The van der Waals surface area contributed by atoms with Crippen molar-refractivity contribution in [3.63, 3.8) is 0 Å². The molecule has 2 fully saturated rings. The Morgan fingerprint density at radius 3 is 2.69 bits per heavy atom. The number of amides is 1. The number of carbonyl (C=O) groups is 1. The molecule has 2 unspecified atom stereocenters. The van der Waals surface area contributed by atoms with Crippen molar-refractivity contribution in [2.24, 2.45) is 5.92 Å². The standard InChI is InChI=1S/C27H30N2O3/c1-18-24(30)21-12-7-13-22(26(21)32-25(18)19-9-3-2-4-10-19)27(31)28-17-20-11-8-16-29-15-6-5-14-23(20)29/h2-4,7,9-10,12-13,20,23H,5-6,8,11,14-17H2,1H3,(H,28,31). The molecule has 2 aliphatic rings. The minimum atomic E-state index is -0.172. The van der Waals surface area contributed by atoms with Crippen LogP contribution in [0.1, 0.15) is 48.0 Å². The Morgan fingerprint density at radius 1 is 1.03 bits per heavy atom. The lowest BCUT2D eigenvalue weighted by Crippen LogP contribution is -2.51. The van der Waals surface area contributed by atoms with E-state index >= 15 is 0 Å². The van der Waals surface area contributed by atoms with Crippen LogP contribution in [0.5, 0.6) is 0 Å². The van der Waals surface area contributed by atoms with E-state index in [1.54, 1.807) is 25.1 Å². The first kappa shape index (κ1) is 21.0. The van der Waals surface area contributed by atoms with Gasteiger partial charge in [0.15, 0.2) is 11.0 Å². The third-order valence-electron chi connectivity index (χ3n) is 7.18. The van der Waals surface area contributed by atoms with Gasteiger partial charge in [-0.3, -0.25) is 9.59 Å². The maximum Gasteiger partial charge on any atom is 0.255 e. The van der Waals surface area contributed by atoms with Crippen LogP contribution < -0.4 is 10.7 Å². The Bertz CT molecular complexity index is 1180. The molecule has 2 atom stereocenters. The number of hydrogen-bond donors (Lipinski definition) is 1. The van der Waals surface area contributed by atoms with Gasteiger partial charge in [-0.05, 0) is 63.7 Å². The smallest absolute Gasteiger partial charge is 0.255 e. The van der Waals surface area contributed by atoms with E-state index in [0.717, 1.165) is 12.0 Å².